The van der Waals surface area contributed by atoms with Crippen LogP contribution < -0.4 is 16.6 Å². The van der Waals surface area contributed by atoms with Crippen LogP contribution in [0.1, 0.15) is 11.1 Å². The van der Waals surface area contributed by atoms with Crippen LogP contribution in [0.3, 0.4) is 0 Å². The molecular weight excluding hydrogens is 246 g/mol. The number of hydrogen-bond acceptors (Lipinski definition) is 2. The number of carbonyl (C=O) groups is 1. The second kappa shape index (κ2) is 4.97. The first kappa shape index (κ1) is 11.0. The standard InChI is InChI=1S/C9H12BrN3O/c1-6-3-2-4-8(7(6)5-10)12-9(14)13-11/h2-4H,5,11H2,1H3,(H2,12,13,14). The first-order valence-corrected chi connectivity index (χ1v) is 5.23. The summed E-state index contributed by atoms with van der Waals surface area (Å²) in [6, 6.07) is 5.28. The number of nitrogens with two attached hydrogens (primary N) is 1. The molecule has 0 aliphatic carbocycles. The van der Waals surface area contributed by atoms with Crippen LogP contribution >= 0.6 is 15.9 Å². The molecule has 0 aliphatic heterocycles. The Morgan fingerprint density at radius 2 is 2.29 bits per heavy atom. The van der Waals surface area contributed by atoms with Gasteiger partial charge in [-0.2, -0.15) is 0 Å². The van der Waals surface area contributed by atoms with Crippen molar-refractivity contribution in [2.45, 2.75) is 12.3 Å². The van der Waals surface area contributed by atoms with Crippen LogP contribution in [0.25, 0.3) is 0 Å². The molecule has 0 bridgehead atoms. The predicted molar refractivity (Wildman–Crippen MR) is 60.2 cm³/mol. The molecule has 4 nitrogen and oxygen atoms in total. The zero-order valence-electron chi connectivity index (χ0n) is 7.80. The fourth-order valence-electron chi connectivity index (χ4n) is 1.16. The van der Waals surface area contributed by atoms with E-state index in [0.29, 0.717) is 5.33 Å². The van der Waals surface area contributed by atoms with Gasteiger partial charge in [0, 0.05) is 11.0 Å². The van der Waals surface area contributed by atoms with Crippen molar-refractivity contribution < 1.29 is 4.79 Å². The van der Waals surface area contributed by atoms with E-state index in [1.807, 2.05) is 30.5 Å². The summed E-state index contributed by atoms with van der Waals surface area (Å²) >= 11 is 3.37. The molecule has 0 fully saturated rings. The van der Waals surface area contributed by atoms with Gasteiger partial charge in [-0.05, 0) is 24.1 Å². The van der Waals surface area contributed by atoms with Gasteiger partial charge < -0.3 is 5.32 Å². The number of urea groups is 1. The minimum atomic E-state index is -0.419. The lowest BCUT2D eigenvalue weighted by Gasteiger charge is -2.10. The molecule has 2 amide bonds. The predicted octanol–water partition coefficient (Wildman–Crippen LogP) is 1.89. The second-order valence-electron chi connectivity index (χ2n) is 2.83. The largest absolute Gasteiger partial charge is 0.333 e. The monoisotopic (exact) mass is 257 g/mol. The van der Waals surface area contributed by atoms with Crippen molar-refractivity contribution in [3.8, 4) is 0 Å². The van der Waals surface area contributed by atoms with Crippen molar-refractivity contribution in [1.82, 2.24) is 5.43 Å². The summed E-state index contributed by atoms with van der Waals surface area (Å²) in [5, 5.41) is 3.34. The van der Waals surface area contributed by atoms with E-state index in [9.17, 15) is 4.79 Å². The zero-order valence-corrected chi connectivity index (χ0v) is 9.39. The van der Waals surface area contributed by atoms with E-state index in [2.05, 4.69) is 21.2 Å². The van der Waals surface area contributed by atoms with Crippen LogP contribution in [0.2, 0.25) is 0 Å². The first-order valence-electron chi connectivity index (χ1n) is 4.11. The van der Waals surface area contributed by atoms with Crippen molar-refractivity contribution in [3.63, 3.8) is 0 Å². The molecule has 0 saturated carbocycles. The molecule has 0 heterocycles. The Morgan fingerprint density at radius 3 is 2.86 bits per heavy atom. The van der Waals surface area contributed by atoms with Crippen LogP contribution in [0.5, 0.6) is 0 Å². The fourth-order valence-corrected chi connectivity index (χ4v) is 1.90. The third-order valence-corrected chi connectivity index (χ3v) is 2.48. The maximum absolute atomic E-state index is 11.0. The molecule has 1 aromatic rings. The molecule has 14 heavy (non-hydrogen) atoms. The molecule has 0 saturated heterocycles. The van der Waals surface area contributed by atoms with Gasteiger partial charge in [0.1, 0.15) is 0 Å². The number of amides is 2. The van der Waals surface area contributed by atoms with Crippen LogP contribution in [0.4, 0.5) is 10.5 Å². The SMILES string of the molecule is Cc1cccc(NC(=O)NN)c1CBr. The molecule has 4 N–H and O–H groups in total. The number of hydrazine groups is 1. The first-order chi connectivity index (χ1) is 6.69. The highest BCUT2D eigenvalue weighted by Crippen LogP contribution is 2.21. The fraction of sp³-hybridized carbons (Fsp3) is 0.222. The summed E-state index contributed by atoms with van der Waals surface area (Å²) in [6.07, 6.45) is 0. The quantitative estimate of drug-likeness (QED) is 0.328. The molecular formula is C9H12BrN3O. The Labute approximate surface area is 91.0 Å². The Balaban J connectivity index is 2.96. The molecule has 0 aliphatic rings. The summed E-state index contributed by atoms with van der Waals surface area (Å²) in [5.74, 6) is 4.98. The lowest BCUT2D eigenvalue weighted by Crippen LogP contribution is -2.34. The molecule has 0 aromatic heterocycles. The summed E-state index contributed by atoms with van der Waals surface area (Å²) in [4.78, 5) is 11.0. The number of rotatable bonds is 2. The number of hydrogen-bond donors (Lipinski definition) is 3. The van der Waals surface area contributed by atoms with Gasteiger partial charge in [-0.25, -0.2) is 10.6 Å². The Hall–Kier alpha value is -1.07. The highest BCUT2D eigenvalue weighted by Gasteiger charge is 2.06. The zero-order chi connectivity index (χ0) is 10.6. The summed E-state index contributed by atoms with van der Waals surface area (Å²) < 4.78 is 0. The normalized spacial score (nSPS) is 9.64. The Kier molecular flexibility index (Phi) is 3.91. The van der Waals surface area contributed by atoms with Crippen LogP contribution in [0.15, 0.2) is 18.2 Å². The third-order valence-electron chi connectivity index (χ3n) is 1.92. The number of nitrogens with one attached hydrogen (secondary N) is 2. The van der Waals surface area contributed by atoms with Crippen molar-refractivity contribution in [2.75, 3.05) is 5.32 Å². The molecule has 5 heteroatoms. The van der Waals surface area contributed by atoms with E-state index in [4.69, 9.17) is 5.84 Å². The van der Waals surface area contributed by atoms with E-state index in [-0.39, 0.29) is 0 Å². The van der Waals surface area contributed by atoms with Gasteiger partial charge in [-0.1, -0.05) is 28.1 Å². The molecule has 0 radical (unpaired) electrons. The highest BCUT2D eigenvalue weighted by atomic mass is 79.9. The Bertz CT molecular complexity index is 341. The molecule has 1 aromatic carbocycles. The molecule has 1 rings (SSSR count). The molecule has 76 valence electrons. The molecule has 0 atom stereocenters. The maximum Gasteiger partial charge on any atom is 0.333 e. The van der Waals surface area contributed by atoms with Gasteiger partial charge in [0.2, 0.25) is 0 Å². The minimum Gasteiger partial charge on any atom is -0.307 e. The minimum absolute atomic E-state index is 0.419. The summed E-state index contributed by atoms with van der Waals surface area (Å²) in [6.45, 7) is 1.99. The van der Waals surface area contributed by atoms with Crippen molar-refractivity contribution in [2.24, 2.45) is 5.84 Å². The van der Waals surface area contributed by atoms with Crippen molar-refractivity contribution in [1.29, 1.82) is 0 Å². The van der Waals surface area contributed by atoms with E-state index in [0.717, 1.165) is 16.8 Å². The smallest absolute Gasteiger partial charge is 0.307 e. The average Bonchev–Trinajstić information content (AvgIpc) is 2.18. The number of aryl methyl sites for hydroxylation is 1. The molecule has 0 unspecified atom stereocenters. The number of carbonyl (C=O) groups excluding carboxylic acids is 1. The second-order valence-corrected chi connectivity index (χ2v) is 3.39. The van der Waals surface area contributed by atoms with Gasteiger partial charge in [-0.3, -0.25) is 5.43 Å². The van der Waals surface area contributed by atoms with Gasteiger partial charge >= 0.3 is 6.03 Å². The van der Waals surface area contributed by atoms with Gasteiger partial charge in [0.05, 0.1) is 0 Å². The Morgan fingerprint density at radius 1 is 1.57 bits per heavy atom. The average molecular weight is 258 g/mol. The van der Waals surface area contributed by atoms with Gasteiger partial charge in [0.25, 0.3) is 0 Å². The van der Waals surface area contributed by atoms with Crippen molar-refractivity contribution in [3.05, 3.63) is 29.3 Å². The van der Waals surface area contributed by atoms with E-state index in [1.54, 1.807) is 0 Å². The number of benzene rings is 1. The summed E-state index contributed by atoms with van der Waals surface area (Å²) in [7, 11) is 0. The number of alkyl halides is 1. The maximum atomic E-state index is 11.0. The van der Waals surface area contributed by atoms with Crippen LogP contribution in [-0.2, 0) is 5.33 Å². The lowest BCUT2D eigenvalue weighted by atomic mass is 10.1. The van der Waals surface area contributed by atoms with E-state index < -0.39 is 6.03 Å². The lowest BCUT2D eigenvalue weighted by molar-refractivity contribution is 0.252. The van der Waals surface area contributed by atoms with E-state index in [1.165, 1.54) is 0 Å². The number of anilines is 1. The van der Waals surface area contributed by atoms with Crippen LogP contribution in [0, 0.1) is 6.92 Å². The van der Waals surface area contributed by atoms with Crippen molar-refractivity contribution >= 4 is 27.6 Å². The van der Waals surface area contributed by atoms with Crippen LogP contribution in [-0.4, -0.2) is 6.03 Å². The van der Waals surface area contributed by atoms with Gasteiger partial charge in [-0.15, -0.1) is 0 Å². The highest BCUT2D eigenvalue weighted by molar-refractivity contribution is 9.08. The van der Waals surface area contributed by atoms with E-state index >= 15 is 0 Å². The molecule has 0 spiro atoms. The summed E-state index contributed by atoms with van der Waals surface area (Å²) in [5.41, 5.74) is 4.96. The topological polar surface area (TPSA) is 67.2 Å². The van der Waals surface area contributed by atoms with Gasteiger partial charge in [0.15, 0.2) is 0 Å². The number of halogens is 1. The third kappa shape index (κ3) is 2.46.